The van der Waals surface area contributed by atoms with Crippen LogP contribution in [0, 0.1) is 5.92 Å². The number of fused-ring (bicyclic) bond motifs is 1. The van der Waals surface area contributed by atoms with E-state index >= 15 is 0 Å². The second-order valence-electron chi connectivity index (χ2n) is 18.2. The van der Waals surface area contributed by atoms with E-state index in [-0.39, 0.29) is 36.9 Å². The van der Waals surface area contributed by atoms with Gasteiger partial charge in [0.05, 0.1) is 16.9 Å². The quantitative estimate of drug-likeness (QED) is 0.110. The molecule has 5 amide bonds. The molecule has 66 heavy (non-hydrogen) atoms. The molecular weight excluding hydrogens is 872 g/mol. The number of aromatic nitrogens is 5. The topological polar surface area (TPSA) is 212 Å². The highest BCUT2D eigenvalue weighted by Crippen LogP contribution is 2.31. The van der Waals surface area contributed by atoms with Crippen molar-refractivity contribution in [2.75, 3.05) is 55.4 Å². The van der Waals surface area contributed by atoms with Gasteiger partial charge in [-0.1, -0.05) is 23.7 Å². The number of halogens is 1. The Balaban J connectivity index is 1.16. The minimum atomic E-state index is -1.21. The molecule has 2 aromatic heterocycles. The van der Waals surface area contributed by atoms with Crippen molar-refractivity contribution in [2.45, 2.75) is 78.0 Å². The number of ether oxygens (including phenoxy) is 3. The number of benzene rings is 3. The molecule has 0 bridgehead atoms. The number of piperazine rings is 1. The van der Waals surface area contributed by atoms with Crippen LogP contribution in [0.3, 0.4) is 0 Å². The van der Waals surface area contributed by atoms with E-state index in [1.807, 2.05) is 0 Å². The molecule has 0 radical (unpaired) electrons. The molecule has 2 fully saturated rings. The summed E-state index contributed by atoms with van der Waals surface area (Å²) in [6.45, 7) is 12.1. The number of urea groups is 1. The van der Waals surface area contributed by atoms with Gasteiger partial charge in [-0.05, 0) is 131 Å². The predicted octanol–water partition coefficient (Wildman–Crippen LogP) is 6.32. The van der Waals surface area contributed by atoms with Crippen molar-refractivity contribution in [3.8, 4) is 5.69 Å². The van der Waals surface area contributed by atoms with E-state index < -0.39 is 47.0 Å². The van der Waals surface area contributed by atoms with Gasteiger partial charge in [-0.2, -0.15) is 4.68 Å². The number of hydrogen-bond acceptors (Lipinski definition) is 12. The summed E-state index contributed by atoms with van der Waals surface area (Å²) in [5.41, 5.74) is 0.651. The molecular formula is C46H53ClN10O9. The number of esters is 1. The van der Waals surface area contributed by atoms with E-state index in [0.29, 0.717) is 64.2 Å². The minimum Gasteiger partial charge on any atom is -0.455 e. The van der Waals surface area contributed by atoms with Crippen molar-refractivity contribution in [1.82, 2.24) is 34.6 Å². The lowest BCUT2D eigenvalue weighted by Gasteiger charge is -2.38. The highest BCUT2D eigenvalue weighted by atomic mass is 35.5. The summed E-state index contributed by atoms with van der Waals surface area (Å²) in [4.78, 5) is 87.2. The second kappa shape index (κ2) is 19.3. The number of likely N-dealkylation sites (tertiary alicyclic amines) is 1. The first-order valence-corrected chi connectivity index (χ1v) is 21.9. The highest BCUT2D eigenvalue weighted by Gasteiger charge is 2.41. The van der Waals surface area contributed by atoms with E-state index in [9.17, 15) is 28.8 Å². The maximum absolute atomic E-state index is 14.6. The molecule has 0 aliphatic carbocycles. The largest absolute Gasteiger partial charge is 0.455 e. The maximum atomic E-state index is 14.6. The zero-order chi connectivity index (χ0) is 47.5. The molecule has 7 rings (SSSR count). The molecule has 20 heteroatoms. The number of nitrogens with one attached hydrogen (secondary N) is 2. The maximum Gasteiger partial charge on any atom is 0.419 e. The molecule has 348 valence electrons. The molecule has 2 aliphatic heterocycles. The number of methoxy groups -OCH3 is 1. The first kappa shape index (κ1) is 47.1. The zero-order valence-electron chi connectivity index (χ0n) is 37.9. The zero-order valence-corrected chi connectivity index (χ0v) is 38.6. The van der Waals surface area contributed by atoms with Crippen molar-refractivity contribution in [3.05, 3.63) is 89.3 Å². The van der Waals surface area contributed by atoms with Gasteiger partial charge in [-0.25, -0.2) is 19.0 Å². The molecule has 1 atom stereocenters. The Bertz CT molecular complexity index is 2630. The lowest BCUT2D eigenvalue weighted by molar-refractivity contribution is -0.149. The van der Waals surface area contributed by atoms with E-state index in [0.717, 1.165) is 17.4 Å². The SMILES string of the molecule is COCC1CCN(C(=O)Nc2ccc(C[C@@H](C(=O)Nc3ccc4c(c3)cc(C(=O)OC(C)(C)C)n4C(=O)OC(C)(C)C)N3CCN(c4cc(Cl)ccc4-n4cnnn4)C(=O)C3=O)cc2)CC1. The summed E-state index contributed by atoms with van der Waals surface area (Å²) < 4.78 is 19.0. The summed E-state index contributed by atoms with van der Waals surface area (Å²) in [6.07, 6.45) is 2.23. The van der Waals surface area contributed by atoms with Crippen LogP contribution in [0.15, 0.2) is 73.1 Å². The number of piperidine rings is 1. The van der Waals surface area contributed by atoms with Crippen LogP contribution in [-0.4, -0.2) is 128 Å². The first-order valence-electron chi connectivity index (χ1n) is 21.5. The van der Waals surface area contributed by atoms with Crippen molar-refractivity contribution >= 4 is 75.4 Å². The van der Waals surface area contributed by atoms with Gasteiger partial charge in [-0.15, -0.1) is 5.10 Å². The van der Waals surface area contributed by atoms with Crippen LogP contribution in [0.1, 0.15) is 70.4 Å². The number of tetrazole rings is 1. The summed E-state index contributed by atoms with van der Waals surface area (Å²) in [5, 5.41) is 17.9. The van der Waals surface area contributed by atoms with Crippen LogP contribution >= 0.6 is 11.6 Å². The van der Waals surface area contributed by atoms with Gasteiger partial charge in [-0.3, -0.25) is 14.4 Å². The molecule has 2 aliphatic rings. The minimum absolute atomic E-state index is 0.00487. The number of anilines is 3. The number of rotatable bonds is 11. The van der Waals surface area contributed by atoms with Crippen LogP contribution in [-0.2, 0) is 35.0 Å². The molecule has 4 heterocycles. The van der Waals surface area contributed by atoms with E-state index in [4.69, 9.17) is 25.8 Å². The van der Waals surface area contributed by atoms with Gasteiger partial charge in [0.1, 0.15) is 29.3 Å². The van der Waals surface area contributed by atoms with E-state index in [1.54, 1.807) is 108 Å². The third kappa shape index (κ3) is 11.0. The van der Waals surface area contributed by atoms with Crippen LogP contribution in [0.2, 0.25) is 5.02 Å². The standard InChI is InChI=1S/C46H53ClN10O9/c1-45(2,3)65-42(61)38-24-30-23-33(13-15-34(30)57(38)44(63)66-46(4,5)6)49-39(58)37(22-28-8-11-32(12-9-28)50-43(62)53-18-16-29(17-19-53)26-64-7)55-21-20-54(40(59)41(55)60)36-25-31(47)10-14-35(36)56-27-48-51-52-56/h8-15,23-25,27,29,37H,16-22,26H2,1-7H3,(H,49,58)(H,50,62)/t37-/m0/s1. The Morgan fingerprint density at radius 3 is 2.15 bits per heavy atom. The first-order chi connectivity index (χ1) is 31.3. The Labute approximate surface area is 386 Å². The smallest absolute Gasteiger partial charge is 0.419 e. The van der Waals surface area contributed by atoms with E-state index in [2.05, 4.69) is 26.2 Å². The molecule has 19 nitrogen and oxygen atoms in total. The third-order valence-corrected chi connectivity index (χ3v) is 11.2. The third-order valence-electron chi connectivity index (χ3n) is 10.9. The van der Waals surface area contributed by atoms with Crippen LogP contribution in [0.4, 0.5) is 26.7 Å². The summed E-state index contributed by atoms with van der Waals surface area (Å²) in [6, 6.07) is 16.4. The van der Waals surface area contributed by atoms with E-state index in [1.165, 1.54) is 32.9 Å². The molecule has 0 unspecified atom stereocenters. The van der Waals surface area contributed by atoms with Gasteiger partial charge in [0, 0.05) is 68.1 Å². The van der Waals surface area contributed by atoms with Gasteiger partial charge < -0.3 is 39.5 Å². The summed E-state index contributed by atoms with van der Waals surface area (Å²) in [5.74, 6) is -2.80. The normalized spacial score (nSPS) is 15.5. The summed E-state index contributed by atoms with van der Waals surface area (Å²) >= 11 is 6.37. The predicted molar refractivity (Wildman–Crippen MR) is 245 cm³/mol. The lowest BCUT2D eigenvalue weighted by atomic mass is 9.98. The fraction of sp³-hybridized carbons (Fsp3) is 0.413. The number of carbonyl (C=O) groups excluding carboxylic acids is 6. The van der Waals surface area contributed by atoms with Crippen LogP contribution in [0.25, 0.3) is 16.6 Å². The van der Waals surface area contributed by atoms with Gasteiger partial charge in [0.15, 0.2) is 0 Å². The molecule has 2 N–H and O–H groups in total. The molecule has 5 aromatic rings. The Kier molecular flexibility index (Phi) is 13.8. The number of nitrogens with zero attached hydrogens (tertiary/aromatic N) is 8. The molecule has 0 spiro atoms. The Morgan fingerprint density at radius 2 is 1.50 bits per heavy atom. The lowest BCUT2D eigenvalue weighted by Crippen LogP contribution is -2.60. The molecule has 0 saturated carbocycles. The van der Waals surface area contributed by atoms with Crippen LogP contribution < -0.4 is 15.5 Å². The van der Waals surface area contributed by atoms with Gasteiger partial charge in [0.25, 0.3) is 0 Å². The Morgan fingerprint density at radius 1 is 0.803 bits per heavy atom. The van der Waals surface area contributed by atoms with Crippen molar-refractivity contribution in [1.29, 1.82) is 0 Å². The second-order valence-corrected chi connectivity index (χ2v) is 18.6. The van der Waals surface area contributed by atoms with Gasteiger partial charge in [0.2, 0.25) is 5.91 Å². The molecule has 2 saturated heterocycles. The fourth-order valence-corrected chi connectivity index (χ4v) is 8.06. The van der Waals surface area contributed by atoms with Crippen LogP contribution in [0.5, 0.6) is 0 Å². The molecule has 3 aromatic carbocycles. The van der Waals surface area contributed by atoms with Gasteiger partial charge >= 0.3 is 29.9 Å². The van der Waals surface area contributed by atoms with Crippen molar-refractivity contribution < 1.29 is 43.0 Å². The number of carbonyl (C=O) groups is 6. The Hall–Kier alpha value is -6.86. The monoisotopic (exact) mass is 924 g/mol. The number of hydrogen-bond donors (Lipinski definition) is 2. The fourth-order valence-electron chi connectivity index (χ4n) is 7.89. The number of amides is 5. The van der Waals surface area contributed by atoms with Crippen molar-refractivity contribution in [3.63, 3.8) is 0 Å². The highest BCUT2D eigenvalue weighted by molar-refractivity contribution is 6.41. The summed E-state index contributed by atoms with van der Waals surface area (Å²) in [7, 11) is 1.67. The average Bonchev–Trinajstić information content (AvgIpc) is 3.93. The van der Waals surface area contributed by atoms with Crippen molar-refractivity contribution in [2.24, 2.45) is 5.92 Å². The average molecular weight is 925 g/mol.